The van der Waals surface area contributed by atoms with E-state index in [0.717, 1.165) is 10.6 Å². The van der Waals surface area contributed by atoms with Gasteiger partial charge in [-0.25, -0.2) is 21.2 Å². The second kappa shape index (κ2) is 6.39. The molecule has 0 unspecified atom stereocenters. The summed E-state index contributed by atoms with van der Waals surface area (Å²) in [5, 5.41) is 0. The Balaban J connectivity index is 3.21. The Morgan fingerprint density at radius 3 is 2.29 bits per heavy atom. The van der Waals surface area contributed by atoms with E-state index in [2.05, 4.69) is 0 Å². The first-order valence-electron chi connectivity index (χ1n) is 6.12. The molecule has 0 spiro atoms. The van der Waals surface area contributed by atoms with Crippen LogP contribution in [-0.4, -0.2) is 46.7 Å². The van der Waals surface area contributed by atoms with Gasteiger partial charge < -0.3 is 5.73 Å². The third-order valence-electron chi connectivity index (χ3n) is 3.06. The molecular formula is C12H19FN2O4S2. The fourth-order valence-electron chi connectivity index (χ4n) is 1.68. The van der Waals surface area contributed by atoms with Crippen LogP contribution in [-0.2, 0) is 26.4 Å². The summed E-state index contributed by atoms with van der Waals surface area (Å²) in [5.41, 5.74) is 5.76. The van der Waals surface area contributed by atoms with E-state index in [9.17, 15) is 21.2 Å². The number of nitrogens with two attached hydrogens (primary N) is 1. The van der Waals surface area contributed by atoms with E-state index in [1.54, 1.807) is 0 Å². The third kappa shape index (κ3) is 4.47. The Morgan fingerprint density at radius 2 is 1.81 bits per heavy atom. The summed E-state index contributed by atoms with van der Waals surface area (Å²) in [7, 11) is -6.01. The SMILES string of the molecule is Cc1c(F)cc(CN)cc1S(=O)(=O)N(C)CCS(C)(=O)=O. The quantitative estimate of drug-likeness (QED) is 0.802. The molecule has 0 amide bonds. The first-order valence-corrected chi connectivity index (χ1v) is 9.62. The van der Waals surface area contributed by atoms with Crippen molar-refractivity contribution in [1.82, 2.24) is 4.31 Å². The van der Waals surface area contributed by atoms with E-state index in [1.807, 2.05) is 0 Å². The van der Waals surface area contributed by atoms with Crippen LogP contribution in [0.15, 0.2) is 17.0 Å². The molecule has 0 fully saturated rings. The summed E-state index contributed by atoms with van der Waals surface area (Å²) in [6, 6.07) is 2.50. The van der Waals surface area contributed by atoms with Crippen molar-refractivity contribution in [3.63, 3.8) is 0 Å². The standard InChI is InChI=1S/C12H19FN2O4S2/c1-9-11(13)6-10(8-14)7-12(9)21(18,19)15(2)4-5-20(3,16)17/h6-7H,4-5,8,14H2,1-3H3. The summed E-state index contributed by atoms with van der Waals surface area (Å²) < 4.78 is 61.7. The number of sulfonamides is 1. The lowest BCUT2D eigenvalue weighted by Crippen LogP contribution is -2.32. The van der Waals surface area contributed by atoms with E-state index >= 15 is 0 Å². The molecule has 0 radical (unpaired) electrons. The number of benzene rings is 1. The molecular weight excluding hydrogens is 319 g/mol. The molecule has 0 aromatic heterocycles. The van der Waals surface area contributed by atoms with E-state index in [4.69, 9.17) is 5.73 Å². The van der Waals surface area contributed by atoms with Crippen molar-refractivity contribution in [2.75, 3.05) is 25.6 Å². The summed E-state index contributed by atoms with van der Waals surface area (Å²) in [4.78, 5) is -0.195. The average Bonchev–Trinajstić information content (AvgIpc) is 2.37. The Bertz CT molecular complexity index is 730. The third-order valence-corrected chi connectivity index (χ3v) is 5.96. The highest BCUT2D eigenvalue weighted by Gasteiger charge is 2.25. The second-order valence-electron chi connectivity index (χ2n) is 4.86. The molecule has 2 N–H and O–H groups in total. The van der Waals surface area contributed by atoms with Crippen molar-refractivity contribution in [2.45, 2.75) is 18.4 Å². The molecule has 21 heavy (non-hydrogen) atoms. The van der Waals surface area contributed by atoms with Crippen molar-refractivity contribution in [2.24, 2.45) is 5.73 Å². The number of hydrogen-bond donors (Lipinski definition) is 1. The van der Waals surface area contributed by atoms with Gasteiger partial charge in [-0.1, -0.05) is 0 Å². The van der Waals surface area contributed by atoms with Crippen LogP contribution in [0.1, 0.15) is 11.1 Å². The molecule has 0 aliphatic rings. The van der Waals surface area contributed by atoms with E-state index in [0.29, 0.717) is 5.56 Å². The molecule has 0 heterocycles. The minimum Gasteiger partial charge on any atom is -0.326 e. The first-order chi connectivity index (χ1) is 9.49. The number of nitrogens with zero attached hydrogens (tertiary/aromatic N) is 1. The molecule has 1 rings (SSSR count). The van der Waals surface area contributed by atoms with Gasteiger partial charge in [-0.2, -0.15) is 4.31 Å². The van der Waals surface area contributed by atoms with E-state index < -0.39 is 25.7 Å². The van der Waals surface area contributed by atoms with Crippen LogP contribution in [0, 0.1) is 12.7 Å². The van der Waals surface area contributed by atoms with Gasteiger partial charge in [0.05, 0.1) is 10.6 Å². The highest BCUT2D eigenvalue weighted by molar-refractivity contribution is 7.91. The maximum Gasteiger partial charge on any atom is 0.243 e. The number of sulfone groups is 1. The molecule has 0 aliphatic carbocycles. The summed E-state index contributed by atoms with van der Waals surface area (Å²) in [6.45, 7) is 1.16. The normalized spacial score (nSPS) is 12.9. The monoisotopic (exact) mass is 338 g/mol. The minimum absolute atomic E-state index is 0.00672. The predicted molar refractivity (Wildman–Crippen MR) is 78.6 cm³/mol. The van der Waals surface area contributed by atoms with Crippen molar-refractivity contribution in [3.05, 3.63) is 29.1 Å². The lowest BCUT2D eigenvalue weighted by Gasteiger charge is -2.19. The van der Waals surface area contributed by atoms with Gasteiger partial charge in [0.25, 0.3) is 0 Å². The van der Waals surface area contributed by atoms with Gasteiger partial charge >= 0.3 is 0 Å². The van der Waals surface area contributed by atoms with Crippen molar-refractivity contribution < 1.29 is 21.2 Å². The van der Waals surface area contributed by atoms with Crippen LogP contribution in [0.5, 0.6) is 0 Å². The Labute approximate surface area is 124 Å². The van der Waals surface area contributed by atoms with Crippen LogP contribution in [0.3, 0.4) is 0 Å². The molecule has 0 bridgehead atoms. The highest BCUT2D eigenvalue weighted by atomic mass is 32.2. The maximum atomic E-state index is 13.8. The summed E-state index contributed by atoms with van der Waals surface area (Å²) in [6.07, 6.45) is 1.02. The molecule has 120 valence electrons. The zero-order valence-electron chi connectivity index (χ0n) is 12.1. The van der Waals surface area contributed by atoms with Gasteiger partial charge in [0.1, 0.15) is 15.7 Å². The van der Waals surface area contributed by atoms with Crippen molar-refractivity contribution in [3.8, 4) is 0 Å². The van der Waals surface area contributed by atoms with E-state index in [-0.39, 0.29) is 29.3 Å². The molecule has 6 nitrogen and oxygen atoms in total. The Morgan fingerprint density at radius 1 is 1.24 bits per heavy atom. The zero-order chi connectivity index (χ0) is 16.4. The summed E-state index contributed by atoms with van der Waals surface area (Å²) >= 11 is 0. The lowest BCUT2D eigenvalue weighted by molar-refractivity contribution is 0.482. The number of hydrogen-bond acceptors (Lipinski definition) is 5. The Kier molecular flexibility index (Phi) is 5.48. The summed E-state index contributed by atoms with van der Waals surface area (Å²) in [5.74, 6) is -0.964. The molecule has 0 atom stereocenters. The zero-order valence-corrected chi connectivity index (χ0v) is 13.8. The largest absolute Gasteiger partial charge is 0.326 e. The first kappa shape index (κ1) is 18.0. The second-order valence-corrected chi connectivity index (χ2v) is 9.13. The molecule has 9 heteroatoms. The van der Waals surface area contributed by atoms with Crippen molar-refractivity contribution in [1.29, 1.82) is 0 Å². The van der Waals surface area contributed by atoms with Crippen LogP contribution >= 0.6 is 0 Å². The molecule has 0 saturated heterocycles. The van der Waals surface area contributed by atoms with Gasteiger partial charge in [0.2, 0.25) is 10.0 Å². The maximum absolute atomic E-state index is 13.8. The highest BCUT2D eigenvalue weighted by Crippen LogP contribution is 2.23. The van der Waals surface area contributed by atoms with Gasteiger partial charge in [-0.05, 0) is 24.6 Å². The molecule has 1 aromatic carbocycles. The van der Waals surface area contributed by atoms with Crippen LogP contribution in [0.2, 0.25) is 0 Å². The fraction of sp³-hybridized carbons (Fsp3) is 0.500. The van der Waals surface area contributed by atoms with Crippen LogP contribution in [0.25, 0.3) is 0 Å². The van der Waals surface area contributed by atoms with Gasteiger partial charge in [-0.15, -0.1) is 0 Å². The molecule has 0 aliphatic heterocycles. The molecule has 0 saturated carbocycles. The minimum atomic E-state index is -3.97. The number of rotatable bonds is 6. The van der Waals surface area contributed by atoms with E-state index in [1.165, 1.54) is 26.1 Å². The predicted octanol–water partition coefficient (Wildman–Crippen LogP) is 0.258. The average molecular weight is 338 g/mol. The van der Waals surface area contributed by atoms with Crippen LogP contribution in [0.4, 0.5) is 4.39 Å². The topological polar surface area (TPSA) is 97.5 Å². The van der Waals surface area contributed by atoms with Crippen LogP contribution < -0.4 is 5.73 Å². The van der Waals surface area contributed by atoms with Crippen molar-refractivity contribution >= 4 is 19.9 Å². The van der Waals surface area contributed by atoms with Gasteiger partial charge in [-0.3, -0.25) is 0 Å². The fourth-order valence-corrected chi connectivity index (χ4v) is 3.85. The van der Waals surface area contributed by atoms with Gasteiger partial charge in [0.15, 0.2) is 0 Å². The smallest absolute Gasteiger partial charge is 0.243 e. The Hall–Kier alpha value is -1.03. The molecule has 1 aromatic rings. The van der Waals surface area contributed by atoms with Gasteiger partial charge in [0, 0.05) is 32.0 Å². The number of halogens is 1. The lowest BCUT2D eigenvalue weighted by atomic mass is 10.1.